The quantitative estimate of drug-likeness (QED) is 0.196. The average molecular weight is 627 g/mol. The van der Waals surface area contributed by atoms with Crippen LogP contribution in [-0.4, -0.2) is 53.3 Å². The summed E-state index contributed by atoms with van der Waals surface area (Å²) < 4.78 is 44.3. The van der Waals surface area contributed by atoms with Crippen molar-refractivity contribution in [2.45, 2.75) is 32.1 Å². The molecule has 6 aromatic rings. The summed E-state index contributed by atoms with van der Waals surface area (Å²) in [6, 6.07) is 11.8. The Balaban J connectivity index is 1.11. The molecular weight excluding hydrogens is 602 g/mol. The smallest absolute Gasteiger partial charge is 0.335 e. The number of pyridine rings is 1. The summed E-state index contributed by atoms with van der Waals surface area (Å²) in [6.45, 7) is 1.21. The number of hydrogen-bond acceptors (Lipinski definition) is 9. The molecule has 1 fully saturated rings. The number of halogens is 2. The van der Waals surface area contributed by atoms with Crippen LogP contribution in [0.3, 0.4) is 0 Å². The third-order valence-corrected chi connectivity index (χ3v) is 8.44. The van der Waals surface area contributed by atoms with Crippen LogP contribution in [-0.2, 0) is 24.3 Å². The molecule has 2 aromatic carbocycles. The van der Waals surface area contributed by atoms with Crippen LogP contribution in [0.1, 0.15) is 33.2 Å². The molecule has 1 aliphatic rings. The first-order valence-corrected chi connectivity index (χ1v) is 14.9. The minimum atomic E-state index is -1.06. The van der Waals surface area contributed by atoms with Crippen molar-refractivity contribution >= 4 is 28.3 Å². The molecule has 13 heteroatoms. The molecule has 10 nitrogen and oxygen atoms in total. The maximum absolute atomic E-state index is 15.5. The van der Waals surface area contributed by atoms with E-state index in [-0.39, 0.29) is 47.4 Å². The Bertz CT molecular complexity index is 2030. The summed E-state index contributed by atoms with van der Waals surface area (Å²) in [5.41, 5.74) is 2.30. The van der Waals surface area contributed by atoms with Crippen molar-refractivity contribution in [3.05, 3.63) is 107 Å². The van der Waals surface area contributed by atoms with E-state index in [0.717, 1.165) is 23.4 Å². The van der Waals surface area contributed by atoms with Gasteiger partial charge in [-0.25, -0.2) is 28.5 Å². The fourth-order valence-corrected chi connectivity index (χ4v) is 5.86. The van der Waals surface area contributed by atoms with Crippen LogP contribution < -0.4 is 4.74 Å². The number of hydrogen-bond donors (Lipinski definition) is 1. The number of nitrogens with zero attached hydrogens (tertiary/aromatic N) is 6. The number of benzene rings is 2. The third-order valence-electron chi connectivity index (χ3n) is 7.45. The number of carboxylic acid groups (broad SMARTS) is 1. The van der Waals surface area contributed by atoms with E-state index in [1.807, 2.05) is 4.57 Å². The van der Waals surface area contributed by atoms with Crippen molar-refractivity contribution in [1.82, 2.24) is 29.5 Å². The Labute approximate surface area is 259 Å². The lowest BCUT2D eigenvalue weighted by Crippen LogP contribution is -2.31. The Morgan fingerprint density at radius 2 is 1.93 bits per heavy atom. The van der Waals surface area contributed by atoms with Crippen LogP contribution in [0.15, 0.2) is 73.3 Å². The van der Waals surface area contributed by atoms with Crippen LogP contribution in [0.2, 0.25) is 0 Å². The normalized spacial score (nSPS) is 14.4. The molecule has 0 bridgehead atoms. The standard InChI is InChI=1S/C32H24F2N6O4S/c33-22-13-21(24-2-1-3-30(39-24)44-17-31-37-15-28(45-31)26-14-35-7-8-36-26)23(34)10-19(22)12-29-38-25-5-4-18(32(41)42)11-27(25)40(29)16-20-6-9-43-20/h1-5,7-8,10-11,13-15,20H,6,9,12,16-17H2,(H,41,42)/t20-/m0/s1. The third kappa shape index (κ3) is 5.99. The van der Waals surface area contributed by atoms with Crippen molar-refractivity contribution in [2.24, 2.45) is 0 Å². The van der Waals surface area contributed by atoms with E-state index in [2.05, 4.69) is 24.9 Å². The molecule has 1 N–H and O–H groups in total. The Morgan fingerprint density at radius 1 is 1.04 bits per heavy atom. The summed E-state index contributed by atoms with van der Waals surface area (Å²) in [7, 11) is 0. The maximum atomic E-state index is 15.5. The van der Waals surface area contributed by atoms with Gasteiger partial charge >= 0.3 is 5.97 Å². The summed E-state index contributed by atoms with van der Waals surface area (Å²) in [5, 5.41) is 10.2. The molecule has 7 rings (SSSR count). The lowest BCUT2D eigenvalue weighted by molar-refractivity contribution is -0.0589. The number of carbonyl (C=O) groups is 1. The molecule has 0 radical (unpaired) electrons. The monoisotopic (exact) mass is 626 g/mol. The molecule has 0 aliphatic carbocycles. The zero-order valence-corrected chi connectivity index (χ0v) is 24.4. The molecule has 0 saturated carbocycles. The van der Waals surface area contributed by atoms with E-state index in [1.54, 1.807) is 55.1 Å². The molecule has 45 heavy (non-hydrogen) atoms. The number of carboxylic acids is 1. The first-order valence-electron chi connectivity index (χ1n) is 14.0. The Morgan fingerprint density at radius 3 is 2.71 bits per heavy atom. The predicted octanol–water partition coefficient (Wildman–Crippen LogP) is 5.95. The van der Waals surface area contributed by atoms with Crippen molar-refractivity contribution in [3.8, 4) is 27.7 Å². The van der Waals surface area contributed by atoms with E-state index < -0.39 is 17.6 Å². The average Bonchev–Trinajstić information content (AvgIpc) is 3.64. The lowest BCUT2D eigenvalue weighted by Gasteiger charge is -2.27. The molecule has 1 saturated heterocycles. The minimum Gasteiger partial charge on any atom is -0.478 e. The second-order valence-corrected chi connectivity index (χ2v) is 11.5. The van der Waals surface area contributed by atoms with Gasteiger partial charge in [0.15, 0.2) is 0 Å². The zero-order valence-electron chi connectivity index (χ0n) is 23.6. The van der Waals surface area contributed by atoms with Crippen molar-refractivity contribution in [2.75, 3.05) is 6.61 Å². The molecule has 1 aliphatic heterocycles. The highest BCUT2D eigenvalue weighted by atomic mass is 32.1. The Kier molecular flexibility index (Phi) is 7.69. The van der Waals surface area contributed by atoms with Gasteiger partial charge < -0.3 is 19.1 Å². The molecule has 0 amide bonds. The van der Waals surface area contributed by atoms with Crippen LogP contribution in [0.25, 0.3) is 32.9 Å². The van der Waals surface area contributed by atoms with E-state index in [0.29, 0.717) is 40.7 Å². The molecule has 226 valence electrons. The summed E-state index contributed by atoms with van der Waals surface area (Å²) >= 11 is 1.41. The van der Waals surface area contributed by atoms with Crippen LogP contribution >= 0.6 is 11.3 Å². The van der Waals surface area contributed by atoms with Gasteiger partial charge in [0.05, 0.1) is 46.0 Å². The fourth-order valence-electron chi connectivity index (χ4n) is 5.07. The van der Waals surface area contributed by atoms with Gasteiger partial charge in [-0.15, -0.1) is 11.3 Å². The highest BCUT2D eigenvalue weighted by Crippen LogP contribution is 2.30. The predicted molar refractivity (Wildman–Crippen MR) is 161 cm³/mol. The highest BCUT2D eigenvalue weighted by Gasteiger charge is 2.24. The SMILES string of the molecule is O=C(O)c1ccc2nc(Cc3cc(F)c(-c4cccc(OCc5ncc(-c6cnccn6)s5)n4)cc3F)n(C[C@@H]3CCO3)c2c1. The molecule has 5 heterocycles. The van der Waals surface area contributed by atoms with Crippen molar-refractivity contribution in [3.63, 3.8) is 0 Å². The van der Waals surface area contributed by atoms with Gasteiger partial charge in [-0.2, -0.15) is 0 Å². The van der Waals surface area contributed by atoms with Crippen LogP contribution in [0.5, 0.6) is 5.88 Å². The van der Waals surface area contributed by atoms with Gasteiger partial charge in [-0.1, -0.05) is 6.07 Å². The second kappa shape index (κ2) is 12.1. The summed E-state index contributed by atoms with van der Waals surface area (Å²) in [5.74, 6) is -1.62. The van der Waals surface area contributed by atoms with Crippen molar-refractivity contribution in [1.29, 1.82) is 0 Å². The van der Waals surface area contributed by atoms with Crippen molar-refractivity contribution < 1.29 is 28.2 Å². The summed E-state index contributed by atoms with van der Waals surface area (Å²) in [4.78, 5) is 34.2. The Hall–Kier alpha value is -5.14. The topological polar surface area (TPSA) is 125 Å². The first kappa shape index (κ1) is 28.6. The highest BCUT2D eigenvalue weighted by molar-refractivity contribution is 7.15. The number of aromatic nitrogens is 6. The molecule has 0 spiro atoms. The zero-order chi connectivity index (χ0) is 30.9. The maximum Gasteiger partial charge on any atom is 0.335 e. The molecule has 4 aromatic heterocycles. The fraction of sp³-hybridized carbons (Fsp3) is 0.188. The van der Waals surface area contributed by atoms with Gasteiger partial charge in [0.25, 0.3) is 0 Å². The van der Waals surface area contributed by atoms with Gasteiger partial charge in [0.2, 0.25) is 5.88 Å². The number of aromatic carboxylic acids is 1. The first-order chi connectivity index (χ1) is 21.9. The van der Waals surface area contributed by atoms with E-state index in [4.69, 9.17) is 9.47 Å². The van der Waals surface area contributed by atoms with E-state index in [1.165, 1.54) is 17.4 Å². The second-order valence-electron chi connectivity index (χ2n) is 10.4. The number of thiazole rings is 1. The molecule has 0 unspecified atom stereocenters. The van der Waals surface area contributed by atoms with E-state index in [9.17, 15) is 9.90 Å². The molecule has 1 atom stereocenters. The number of ether oxygens (including phenoxy) is 2. The molecular formula is C32H24F2N6O4S. The van der Waals surface area contributed by atoms with Crippen LogP contribution in [0.4, 0.5) is 8.78 Å². The largest absolute Gasteiger partial charge is 0.478 e. The number of rotatable bonds is 10. The van der Waals surface area contributed by atoms with Crippen LogP contribution in [0, 0.1) is 11.6 Å². The minimum absolute atomic E-state index is 0.00617. The van der Waals surface area contributed by atoms with E-state index >= 15 is 8.78 Å². The number of fused-ring (bicyclic) bond motifs is 1. The van der Waals surface area contributed by atoms with Gasteiger partial charge in [0, 0.05) is 43.2 Å². The van der Waals surface area contributed by atoms with Gasteiger partial charge in [0.1, 0.15) is 34.8 Å². The lowest BCUT2D eigenvalue weighted by atomic mass is 10.0. The van der Waals surface area contributed by atoms with Gasteiger partial charge in [-0.3, -0.25) is 9.97 Å². The summed E-state index contributed by atoms with van der Waals surface area (Å²) in [6.07, 6.45) is 7.33. The van der Waals surface area contributed by atoms with Gasteiger partial charge in [-0.05, 0) is 48.4 Å². The number of imidazole rings is 1.